The van der Waals surface area contributed by atoms with Crippen molar-refractivity contribution in [2.75, 3.05) is 0 Å². The van der Waals surface area contributed by atoms with E-state index >= 15 is 0 Å². The van der Waals surface area contributed by atoms with Crippen LogP contribution in [-0.4, -0.2) is 0 Å². The monoisotopic (exact) mass is 204 g/mol. The summed E-state index contributed by atoms with van der Waals surface area (Å²) in [6.45, 7) is 9.48. The van der Waals surface area contributed by atoms with E-state index in [0.29, 0.717) is 5.92 Å². The molecule has 2 atom stereocenters. The highest BCUT2D eigenvalue weighted by molar-refractivity contribution is 5.42. The minimum Gasteiger partial charge on any atom is -0.0802 e. The van der Waals surface area contributed by atoms with E-state index < -0.39 is 0 Å². The first-order chi connectivity index (χ1) is 7.09. The fourth-order valence-corrected chi connectivity index (χ4v) is 3.13. The van der Waals surface area contributed by atoms with Gasteiger partial charge in [0.2, 0.25) is 0 Å². The molecule has 0 saturated carbocycles. The topological polar surface area (TPSA) is 0 Å². The van der Waals surface area contributed by atoms with E-state index in [1.165, 1.54) is 25.7 Å². The molecule has 0 nitrogen and oxygen atoms in total. The molecule has 0 aromatic heterocycles. The zero-order valence-corrected chi connectivity index (χ0v) is 10.6. The first-order valence-corrected chi connectivity index (χ1v) is 6.52. The zero-order chi connectivity index (χ0) is 11.0. The van der Waals surface area contributed by atoms with Gasteiger partial charge in [-0.15, -0.1) is 0 Å². The van der Waals surface area contributed by atoms with Crippen molar-refractivity contribution in [3.05, 3.63) is 22.8 Å². The minimum absolute atomic E-state index is 0.716. The Hall–Kier alpha value is -0.520. The Morgan fingerprint density at radius 1 is 1.27 bits per heavy atom. The molecule has 0 aliphatic heterocycles. The number of allylic oxidation sites excluding steroid dienone is 4. The van der Waals surface area contributed by atoms with Crippen molar-refractivity contribution in [2.45, 2.75) is 53.4 Å². The van der Waals surface area contributed by atoms with Crippen LogP contribution in [0, 0.1) is 17.8 Å². The summed E-state index contributed by atoms with van der Waals surface area (Å²) in [5.74, 6) is 2.43. The Morgan fingerprint density at radius 2 is 2.00 bits per heavy atom. The molecular formula is C15H24. The molecule has 0 unspecified atom stereocenters. The van der Waals surface area contributed by atoms with E-state index in [2.05, 4.69) is 33.8 Å². The fraction of sp³-hybridized carbons (Fsp3) is 0.733. The summed E-state index contributed by atoms with van der Waals surface area (Å²) in [6.07, 6.45) is 7.90. The standard InChI is InChI=1S/C15H24/c1-10(2)13-8-6-12(4)14-7-5-11(3)9-15(13)14/h8,10-12H,5-7,9H2,1-4H3/t11-,12-/m0/s1. The van der Waals surface area contributed by atoms with E-state index in [1.54, 1.807) is 16.7 Å². The van der Waals surface area contributed by atoms with Crippen LogP contribution in [-0.2, 0) is 0 Å². The van der Waals surface area contributed by atoms with Crippen LogP contribution in [0.3, 0.4) is 0 Å². The first-order valence-electron chi connectivity index (χ1n) is 6.52. The maximum atomic E-state index is 2.51. The lowest BCUT2D eigenvalue weighted by molar-refractivity contribution is 0.454. The van der Waals surface area contributed by atoms with E-state index in [0.717, 1.165) is 11.8 Å². The van der Waals surface area contributed by atoms with Crippen molar-refractivity contribution >= 4 is 0 Å². The Labute approximate surface area is 94.5 Å². The second-order valence-electron chi connectivity index (χ2n) is 5.80. The Balaban J connectivity index is 2.33. The van der Waals surface area contributed by atoms with Crippen molar-refractivity contribution < 1.29 is 0 Å². The summed E-state index contributed by atoms with van der Waals surface area (Å²) in [5, 5.41) is 0. The van der Waals surface area contributed by atoms with E-state index in [9.17, 15) is 0 Å². The summed E-state index contributed by atoms with van der Waals surface area (Å²) < 4.78 is 0. The zero-order valence-electron chi connectivity index (χ0n) is 10.6. The highest BCUT2D eigenvalue weighted by Gasteiger charge is 2.27. The SMILES string of the molecule is CC(C)C1=CC[C@H](C)C2=C1C[C@@H](C)CC2. The molecule has 2 rings (SSSR count). The average molecular weight is 204 g/mol. The molecule has 0 aromatic rings. The molecule has 0 saturated heterocycles. The number of hydrogen-bond acceptors (Lipinski definition) is 0. The van der Waals surface area contributed by atoms with Crippen LogP contribution in [0.25, 0.3) is 0 Å². The maximum absolute atomic E-state index is 2.51. The minimum atomic E-state index is 0.716. The average Bonchev–Trinajstić information content (AvgIpc) is 2.17. The van der Waals surface area contributed by atoms with Crippen molar-refractivity contribution in [1.82, 2.24) is 0 Å². The van der Waals surface area contributed by atoms with Gasteiger partial charge in [0, 0.05) is 0 Å². The second kappa shape index (κ2) is 4.15. The maximum Gasteiger partial charge on any atom is -0.0191 e. The molecule has 0 amide bonds. The lowest BCUT2D eigenvalue weighted by Crippen LogP contribution is -2.19. The molecule has 2 aliphatic rings. The molecule has 0 heterocycles. The van der Waals surface area contributed by atoms with Crippen molar-refractivity contribution in [3.8, 4) is 0 Å². The molecule has 0 aromatic carbocycles. The number of rotatable bonds is 1. The highest BCUT2D eigenvalue weighted by atomic mass is 14.3. The van der Waals surface area contributed by atoms with Gasteiger partial charge in [-0.3, -0.25) is 0 Å². The Kier molecular flexibility index (Phi) is 3.04. The predicted molar refractivity (Wildman–Crippen MR) is 66.7 cm³/mol. The summed E-state index contributed by atoms with van der Waals surface area (Å²) >= 11 is 0. The van der Waals surface area contributed by atoms with Gasteiger partial charge in [0.1, 0.15) is 0 Å². The van der Waals surface area contributed by atoms with E-state index in [4.69, 9.17) is 0 Å². The fourth-order valence-electron chi connectivity index (χ4n) is 3.13. The third-order valence-corrected chi connectivity index (χ3v) is 4.10. The third kappa shape index (κ3) is 2.04. The Morgan fingerprint density at radius 3 is 2.67 bits per heavy atom. The molecule has 2 aliphatic carbocycles. The highest BCUT2D eigenvalue weighted by Crippen LogP contribution is 2.43. The van der Waals surface area contributed by atoms with Gasteiger partial charge in [-0.05, 0) is 54.6 Å². The lowest BCUT2D eigenvalue weighted by Gasteiger charge is -2.34. The lowest BCUT2D eigenvalue weighted by atomic mass is 9.71. The van der Waals surface area contributed by atoms with Crippen LogP contribution >= 0.6 is 0 Å². The normalized spacial score (nSPS) is 31.7. The molecule has 0 spiro atoms. The molecule has 0 N–H and O–H groups in total. The summed E-state index contributed by atoms with van der Waals surface area (Å²) in [7, 11) is 0. The molecule has 84 valence electrons. The molecule has 0 heteroatoms. The van der Waals surface area contributed by atoms with Crippen LogP contribution in [0.2, 0.25) is 0 Å². The molecule has 15 heavy (non-hydrogen) atoms. The largest absolute Gasteiger partial charge is 0.0802 e. The molecule has 0 radical (unpaired) electrons. The quantitative estimate of drug-likeness (QED) is 0.579. The molecule has 0 fully saturated rings. The van der Waals surface area contributed by atoms with Crippen LogP contribution in [0.1, 0.15) is 53.4 Å². The van der Waals surface area contributed by atoms with Gasteiger partial charge in [-0.2, -0.15) is 0 Å². The van der Waals surface area contributed by atoms with Crippen molar-refractivity contribution in [1.29, 1.82) is 0 Å². The van der Waals surface area contributed by atoms with Crippen molar-refractivity contribution in [2.24, 2.45) is 17.8 Å². The smallest absolute Gasteiger partial charge is 0.0191 e. The van der Waals surface area contributed by atoms with Crippen LogP contribution in [0.15, 0.2) is 22.8 Å². The van der Waals surface area contributed by atoms with Gasteiger partial charge in [0.15, 0.2) is 0 Å². The van der Waals surface area contributed by atoms with Crippen LogP contribution in [0.4, 0.5) is 0 Å². The van der Waals surface area contributed by atoms with Crippen LogP contribution < -0.4 is 0 Å². The Bertz CT molecular complexity index is 304. The van der Waals surface area contributed by atoms with Crippen LogP contribution in [0.5, 0.6) is 0 Å². The second-order valence-corrected chi connectivity index (χ2v) is 5.80. The summed E-state index contributed by atoms with van der Waals surface area (Å²) in [4.78, 5) is 0. The van der Waals surface area contributed by atoms with E-state index in [-0.39, 0.29) is 0 Å². The van der Waals surface area contributed by atoms with Gasteiger partial charge < -0.3 is 0 Å². The third-order valence-electron chi connectivity index (χ3n) is 4.10. The molecular weight excluding hydrogens is 180 g/mol. The predicted octanol–water partition coefficient (Wildman–Crippen LogP) is 4.73. The van der Waals surface area contributed by atoms with Gasteiger partial charge >= 0.3 is 0 Å². The summed E-state index contributed by atoms with van der Waals surface area (Å²) in [6, 6.07) is 0. The van der Waals surface area contributed by atoms with Gasteiger partial charge in [-0.1, -0.05) is 39.3 Å². The van der Waals surface area contributed by atoms with Gasteiger partial charge in [0.05, 0.1) is 0 Å². The van der Waals surface area contributed by atoms with E-state index in [1.807, 2.05) is 0 Å². The molecule has 0 bridgehead atoms. The van der Waals surface area contributed by atoms with Gasteiger partial charge in [-0.25, -0.2) is 0 Å². The first kappa shape index (κ1) is 11.0. The summed E-state index contributed by atoms with van der Waals surface area (Å²) in [5.41, 5.74) is 5.19. The number of hydrogen-bond donors (Lipinski definition) is 0. The van der Waals surface area contributed by atoms with Crippen molar-refractivity contribution in [3.63, 3.8) is 0 Å². The van der Waals surface area contributed by atoms with Gasteiger partial charge in [0.25, 0.3) is 0 Å².